The molecule has 2 aromatic heterocycles. The number of aryl methyl sites for hydroxylation is 2. The van der Waals surface area contributed by atoms with Gasteiger partial charge in [0.1, 0.15) is 10.7 Å². The van der Waals surface area contributed by atoms with Gasteiger partial charge in [0.25, 0.3) is 5.91 Å². The van der Waals surface area contributed by atoms with E-state index in [1.165, 1.54) is 4.68 Å². The summed E-state index contributed by atoms with van der Waals surface area (Å²) < 4.78 is 3.22. The summed E-state index contributed by atoms with van der Waals surface area (Å²) in [5.41, 5.74) is 2.33. The van der Waals surface area contributed by atoms with Crippen LogP contribution in [0.5, 0.6) is 0 Å². The van der Waals surface area contributed by atoms with Gasteiger partial charge in [0.2, 0.25) is 0 Å². The van der Waals surface area contributed by atoms with Crippen LogP contribution in [0, 0.1) is 6.92 Å². The van der Waals surface area contributed by atoms with Crippen LogP contribution in [-0.2, 0) is 13.6 Å². The average molecular weight is 330 g/mol. The Morgan fingerprint density at radius 1 is 1.26 bits per heavy atom. The number of carbonyl (C=O) groups is 1. The first-order valence-corrected chi connectivity index (χ1v) is 7.49. The molecule has 3 rings (SSSR count). The van der Waals surface area contributed by atoms with Crippen molar-refractivity contribution in [2.24, 2.45) is 7.05 Å². The molecule has 0 aliphatic rings. The van der Waals surface area contributed by atoms with Crippen molar-refractivity contribution in [1.82, 2.24) is 19.6 Å². The standard InChI is InChI=1S/C16H16ClN5O/c1-11-8-14(21(2)19-11)16(23)18-15-13(17)10-22(20-15)9-12-6-4-3-5-7-12/h3-8,10H,9H2,1-2H3,(H,18,20,23). The van der Waals surface area contributed by atoms with Gasteiger partial charge in [-0.05, 0) is 18.6 Å². The van der Waals surface area contributed by atoms with E-state index in [4.69, 9.17) is 11.6 Å². The Morgan fingerprint density at radius 2 is 2.00 bits per heavy atom. The number of nitrogens with zero attached hydrogens (tertiary/aromatic N) is 4. The van der Waals surface area contributed by atoms with Crippen molar-refractivity contribution < 1.29 is 4.79 Å². The molecule has 6 nitrogen and oxygen atoms in total. The van der Waals surface area contributed by atoms with Crippen molar-refractivity contribution in [3.05, 3.63) is 64.6 Å². The van der Waals surface area contributed by atoms with Crippen LogP contribution in [0.2, 0.25) is 5.02 Å². The molecule has 0 aliphatic heterocycles. The molecule has 0 bridgehead atoms. The number of rotatable bonds is 4. The van der Waals surface area contributed by atoms with Crippen LogP contribution in [-0.4, -0.2) is 25.5 Å². The minimum Gasteiger partial charge on any atom is -0.302 e. The number of anilines is 1. The molecule has 23 heavy (non-hydrogen) atoms. The highest BCUT2D eigenvalue weighted by atomic mass is 35.5. The molecular formula is C16H16ClN5O. The fourth-order valence-electron chi connectivity index (χ4n) is 2.33. The maximum atomic E-state index is 12.3. The first kappa shape index (κ1) is 15.3. The number of hydrogen-bond acceptors (Lipinski definition) is 3. The first-order valence-electron chi connectivity index (χ1n) is 7.12. The summed E-state index contributed by atoms with van der Waals surface area (Å²) >= 11 is 6.17. The maximum absolute atomic E-state index is 12.3. The van der Waals surface area contributed by atoms with Gasteiger partial charge in [0.05, 0.1) is 12.2 Å². The second-order valence-corrected chi connectivity index (χ2v) is 5.66. The topological polar surface area (TPSA) is 64.7 Å². The summed E-state index contributed by atoms with van der Waals surface area (Å²) in [6.45, 7) is 2.42. The van der Waals surface area contributed by atoms with Crippen LogP contribution in [0.1, 0.15) is 21.7 Å². The van der Waals surface area contributed by atoms with E-state index < -0.39 is 0 Å². The number of benzene rings is 1. The largest absolute Gasteiger partial charge is 0.302 e. The van der Waals surface area contributed by atoms with Gasteiger partial charge < -0.3 is 5.32 Å². The van der Waals surface area contributed by atoms with Gasteiger partial charge in [0.15, 0.2) is 5.82 Å². The molecule has 0 spiro atoms. The molecule has 1 amide bonds. The number of hydrogen-bond donors (Lipinski definition) is 1. The second kappa shape index (κ2) is 6.26. The van der Waals surface area contributed by atoms with Crippen LogP contribution >= 0.6 is 11.6 Å². The number of halogens is 1. The molecular weight excluding hydrogens is 314 g/mol. The highest BCUT2D eigenvalue weighted by Gasteiger charge is 2.16. The zero-order valence-electron chi connectivity index (χ0n) is 12.8. The fraction of sp³-hybridized carbons (Fsp3) is 0.188. The monoisotopic (exact) mass is 329 g/mol. The molecule has 0 fully saturated rings. The molecule has 0 radical (unpaired) electrons. The SMILES string of the molecule is Cc1cc(C(=O)Nc2nn(Cc3ccccc3)cc2Cl)n(C)n1. The summed E-state index contributed by atoms with van der Waals surface area (Å²) in [6, 6.07) is 11.6. The highest BCUT2D eigenvalue weighted by Crippen LogP contribution is 2.20. The van der Waals surface area contributed by atoms with E-state index in [0.717, 1.165) is 11.3 Å². The molecule has 0 aliphatic carbocycles. The molecule has 0 atom stereocenters. The van der Waals surface area contributed by atoms with Crippen LogP contribution in [0.25, 0.3) is 0 Å². The molecule has 1 aromatic carbocycles. The van der Waals surface area contributed by atoms with E-state index in [-0.39, 0.29) is 5.91 Å². The molecule has 0 saturated carbocycles. The van der Waals surface area contributed by atoms with Gasteiger partial charge in [-0.1, -0.05) is 41.9 Å². The van der Waals surface area contributed by atoms with E-state index in [1.807, 2.05) is 37.3 Å². The molecule has 118 valence electrons. The first-order chi connectivity index (χ1) is 11.0. The Balaban J connectivity index is 1.76. The number of nitrogens with one attached hydrogen (secondary N) is 1. The maximum Gasteiger partial charge on any atom is 0.275 e. The lowest BCUT2D eigenvalue weighted by atomic mass is 10.2. The number of amides is 1. The number of carbonyl (C=O) groups excluding carboxylic acids is 1. The summed E-state index contributed by atoms with van der Waals surface area (Å²) in [5, 5.41) is 11.6. The quantitative estimate of drug-likeness (QED) is 0.800. The van der Waals surface area contributed by atoms with Gasteiger partial charge in [0, 0.05) is 13.2 Å². The van der Waals surface area contributed by atoms with Gasteiger partial charge in [-0.15, -0.1) is 0 Å². The van der Waals surface area contributed by atoms with Gasteiger partial charge in [-0.3, -0.25) is 14.2 Å². The van der Waals surface area contributed by atoms with Gasteiger partial charge >= 0.3 is 0 Å². The van der Waals surface area contributed by atoms with Crippen molar-refractivity contribution in [2.45, 2.75) is 13.5 Å². The zero-order chi connectivity index (χ0) is 16.4. The van der Waals surface area contributed by atoms with Crippen LogP contribution in [0.15, 0.2) is 42.6 Å². The molecule has 0 saturated heterocycles. The zero-order valence-corrected chi connectivity index (χ0v) is 13.6. The van der Waals surface area contributed by atoms with E-state index in [0.29, 0.717) is 23.1 Å². The molecule has 3 aromatic rings. The minimum absolute atomic E-state index is 0.292. The lowest BCUT2D eigenvalue weighted by molar-refractivity contribution is 0.101. The van der Waals surface area contributed by atoms with Crippen molar-refractivity contribution in [3.8, 4) is 0 Å². The number of aromatic nitrogens is 4. The lowest BCUT2D eigenvalue weighted by Gasteiger charge is -2.03. The molecule has 7 heteroatoms. The summed E-state index contributed by atoms with van der Waals surface area (Å²) in [6.07, 6.45) is 1.69. The average Bonchev–Trinajstić information content (AvgIpc) is 3.02. The fourth-order valence-corrected chi connectivity index (χ4v) is 2.53. The Hall–Kier alpha value is -2.60. The summed E-state index contributed by atoms with van der Waals surface area (Å²) in [5.74, 6) is 0.0476. The Bertz CT molecular complexity index is 838. The van der Waals surface area contributed by atoms with E-state index >= 15 is 0 Å². The predicted octanol–water partition coefficient (Wildman–Crippen LogP) is 2.88. The molecule has 2 heterocycles. The Labute approximate surface area is 138 Å². The van der Waals surface area contributed by atoms with E-state index in [2.05, 4.69) is 15.5 Å². The lowest BCUT2D eigenvalue weighted by Crippen LogP contribution is -2.16. The predicted molar refractivity (Wildman–Crippen MR) is 88.7 cm³/mol. The van der Waals surface area contributed by atoms with Crippen molar-refractivity contribution in [3.63, 3.8) is 0 Å². The highest BCUT2D eigenvalue weighted by molar-refractivity contribution is 6.33. The molecule has 1 N–H and O–H groups in total. The van der Waals surface area contributed by atoms with Crippen LogP contribution < -0.4 is 5.32 Å². The second-order valence-electron chi connectivity index (χ2n) is 5.26. The third-order valence-corrected chi connectivity index (χ3v) is 3.65. The Morgan fingerprint density at radius 3 is 2.65 bits per heavy atom. The van der Waals surface area contributed by atoms with E-state index in [1.54, 1.807) is 24.0 Å². The molecule has 0 unspecified atom stereocenters. The van der Waals surface area contributed by atoms with E-state index in [9.17, 15) is 4.79 Å². The smallest absolute Gasteiger partial charge is 0.275 e. The van der Waals surface area contributed by atoms with Crippen LogP contribution in [0.4, 0.5) is 5.82 Å². The third kappa shape index (κ3) is 3.43. The Kier molecular flexibility index (Phi) is 4.16. The third-order valence-electron chi connectivity index (χ3n) is 3.37. The normalized spacial score (nSPS) is 10.7. The summed E-state index contributed by atoms with van der Waals surface area (Å²) in [4.78, 5) is 12.3. The van der Waals surface area contributed by atoms with Gasteiger partial charge in [-0.25, -0.2) is 0 Å². The summed E-state index contributed by atoms with van der Waals surface area (Å²) in [7, 11) is 1.72. The van der Waals surface area contributed by atoms with Crippen molar-refractivity contribution in [1.29, 1.82) is 0 Å². The van der Waals surface area contributed by atoms with Crippen molar-refractivity contribution in [2.75, 3.05) is 5.32 Å². The van der Waals surface area contributed by atoms with Crippen molar-refractivity contribution >= 4 is 23.3 Å². The van der Waals surface area contributed by atoms with Gasteiger partial charge in [-0.2, -0.15) is 10.2 Å². The van der Waals surface area contributed by atoms with Crippen LogP contribution in [0.3, 0.4) is 0 Å². The minimum atomic E-state index is -0.292.